The first kappa shape index (κ1) is 14.4. The Labute approximate surface area is 123 Å². The number of nitrogens with two attached hydrogens (primary N) is 1. The summed E-state index contributed by atoms with van der Waals surface area (Å²) in [6.07, 6.45) is 0.775. The molecular formula is C16H17ClN2O. The zero-order chi connectivity index (χ0) is 14.5. The molecule has 0 aliphatic carbocycles. The highest BCUT2D eigenvalue weighted by Crippen LogP contribution is 2.12. The Morgan fingerprint density at radius 2 is 1.90 bits per heavy atom. The van der Waals surface area contributed by atoms with E-state index in [0.29, 0.717) is 17.8 Å². The Morgan fingerprint density at radius 1 is 1.20 bits per heavy atom. The zero-order valence-electron chi connectivity index (χ0n) is 11.3. The summed E-state index contributed by atoms with van der Waals surface area (Å²) < 4.78 is 0. The van der Waals surface area contributed by atoms with Crippen molar-refractivity contribution in [1.82, 2.24) is 5.32 Å². The Bertz CT molecular complexity index is 608. The van der Waals surface area contributed by atoms with Crippen molar-refractivity contribution in [2.24, 2.45) is 0 Å². The van der Waals surface area contributed by atoms with E-state index >= 15 is 0 Å². The Kier molecular flexibility index (Phi) is 4.64. The zero-order valence-corrected chi connectivity index (χ0v) is 12.1. The van der Waals surface area contributed by atoms with Crippen molar-refractivity contribution in [3.63, 3.8) is 0 Å². The number of rotatable bonds is 4. The Balaban J connectivity index is 1.90. The highest BCUT2D eigenvalue weighted by molar-refractivity contribution is 6.30. The summed E-state index contributed by atoms with van der Waals surface area (Å²) in [6.45, 7) is 2.47. The molecule has 0 aliphatic rings. The fourth-order valence-corrected chi connectivity index (χ4v) is 2.13. The van der Waals surface area contributed by atoms with E-state index in [4.69, 9.17) is 17.3 Å². The van der Waals surface area contributed by atoms with Crippen molar-refractivity contribution < 1.29 is 4.79 Å². The molecule has 104 valence electrons. The molecule has 1 amide bonds. The van der Waals surface area contributed by atoms with Crippen LogP contribution in [0, 0.1) is 6.92 Å². The molecule has 3 nitrogen and oxygen atoms in total. The van der Waals surface area contributed by atoms with Gasteiger partial charge in [-0.1, -0.05) is 23.7 Å². The summed E-state index contributed by atoms with van der Waals surface area (Å²) in [5.74, 6) is -0.0727. The number of aryl methyl sites for hydroxylation is 1. The predicted molar refractivity (Wildman–Crippen MR) is 83.1 cm³/mol. The van der Waals surface area contributed by atoms with Crippen LogP contribution in [-0.4, -0.2) is 12.5 Å². The minimum atomic E-state index is -0.0727. The topological polar surface area (TPSA) is 55.1 Å². The Hall–Kier alpha value is -2.00. The average Bonchev–Trinajstić information content (AvgIpc) is 2.41. The third kappa shape index (κ3) is 3.75. The number of halogens is 1. The molecule has 2 aromatic rings. The second-order valence-corrected chi connectivity index (χ2v) is 5.14. The summed E-state index contributed by atoms with van der Waals surface area (Å²) in [7, 11) is 0. The van der Waals surface area contributed by atoms with Crippen LogP contribution in [0.3, 0.4) is 0 Å². The molecule has 0 unspecified atom stereocenters. The van der Waals surface area contributed by atoms with Gasteiger partial charge in [-0.25, -0.2) is 0 Å². The SMILES string of the molecule is Cc1cc(N)ccc1C(=O)NCCc1ccc(Cl)cc1. The van der Waals surface area contributed by atoms with Gasteiger partial charge in [-0.2, -0.15) is 0 Å². The first-order valence-corrected chi connectivity index (χ1v) is 6.83. The maximum absolute atomic E-state index is 12.0. The van der Waals surface area contributed by atoms with Gasteiger partial charge in [-0.3, -0.25) is 4.79 Å². The van der Waals surface area contributed by atoms with Gasteiger partial charge >= 0.3 is 0 Å². The average molecular weight is 289 g/mol. The smallest absolute Gasteiger partial charge is 0.251 e. The maximum Gasteiger partial charge on any atom is 0.251 e. The normalized spacial score (nSPS) is 10.3. The lowest BCUT2D eigenvalue weighted by Gasteiger charge is -2.08. The summed E-state index contributed by atoms with van der Waals surface area (Å²) >= 11 is 5.83. The van der Waals surface area contributed by atoms with Gasteiger partial charge in [0.05, 0.1) is 0 Å². The monoisotopic (exact) mass is 288 g/mol. The lowest BCUT2D eigenvalue weighted by atomic mass is 10.1. The molecule has 20 heavy (non-hydrogen) atoms. The number of amides is 1. The van der Waals surface area contributed by atoms with E-state index in [-0.39, 0.29) is 5.91 Å². The van der Waals surface area contributed by atoms with E-state index in [1.807, 2.05) is 31.2 Å². The van der Waals surface area contributed by atoms with Crippen LogP contribution in [0.4, 0.5) is 5.69 Å². The third-order valence-electron chi connectivity index (χ3n) is 3.11. The fourth-order valence-electron chi connectivity index (χ4n) is 2.01. The molecule has 0 saturated carbocycles. The van der Waals surface area contributed by atoms with Crippen LogP contribution < -0.4 is 11.1 Å². The van der Waals surface area contributed by atoms with Gasteiger partial charge in [-0.05, 0) is 54.8 Å². The molecule has 0 bridgehead atoms. The summed E-state index contributed by atoms with van der Waals surface area (Å²) in [5, 5.41) is 3.63. The van der Waals surface area contributed by atoms with E-state index in [0.717, 1.165) is 22.6 Å². The lowest BCUT2D eigenvalue weighted by Crippen LogP contribution is -2.26. The number of carbonyl (C=O) groups is 1. The molecule has 0 spiro atoms. The molecule has 0 heterocycles. The van der Waals surface area contributed by atoms with Crippen molar-refractivity contribution in [1.29, 1.82) is 0 Å². The number of benzene rings is 2. The molecule has 0 radical (unpaired) electrons. The second kappa shape index (κ2) is 6.44. The number of hydrogen-bond acceptors (Lipinski definition) is 2. The van der Waals surface area contributed by atoms with Gasteiger partial charge in [0.1, 0.15) is 0 Å². The van der Waals surface area contributed by atoms with Gasteiger partial charge in [-0.15, -0.1) is 0 Å². The largest absolute Gasteiger partial charge is 0.399 e. The maximum atomic E-state index is 12.0. The van der Waals surface area contributed by atoms with Crippen LogP contribution in [0.5, 0.6) is 0 Å². The van der Waals surface area contributed by atoms with Crippen molar-refractivity contribution in [2.75, 3.05) is 12.3 Å². The van der Waals surface area contributed by atoms with Gasteiger partial charge in [0.2, 0.25) is 0 Å². The molecule has 0 fully saturated rings. The van der Waals surface area contributed by atoms with Crippen molar-refractivity contribution in [2.45, 2.75) is 13.3 Å². The highest BCUT2D eigenvalue weighted by atomic mass is 35.5. The molecular weight excluding hydrogens is 272 g/mol. The highest BCUT2D eigenvalue weighted by Gasteiger charge is 2.08. The van der Waals surface area contributed by atoms with Crippen LogP contribution in [0.15, 0.2) is 42.5 Å². The number of hydrogen-bond donors (Lipinski definition) is 2. The minimum Gasteiger partial charge on any atom is -0.399 e. The lowest BCUT2D eigenvalue weighted by molar-refractivity contribution is 0.0953. The number of anilines is 1. The van der Waals surface area contributed by atoms with E-state index in [9.17, 15) is 4.79 Å². The molecule has 2 rings (SSSR count). The summed E-state index contributed by atoms with van der Waals surface area (Å²) in [4.78, 5) is 12.0. The quantitative estimate of drug-likeness (QED) is 0.849. The molecule has 0 saturated heterocycles. The minimum absolute atomic E-state index is 0.0727. The first-order chi connectivity index (χ1) is 9.56. The van der Waals surface area contributed by atoms with E-state index < -0.39 is 0 Å². The van der Waals surface area contributed by atoms with Gasteiger partial charge < -0.3 is 11.1 Å². The van der Waals surface area contributed by atoms with Crippen molar-refractivity contribution in [3.8, 4) is 0 Å². The Morgan fingerprint density at radius 3 is 2.55 bits per heavy atom. The van der Waals surface area contributed by atoms with Crippen LogP contribution in [0.25, 0.3) is 0 Å². The van der Waals surface area contributed by atoms with Crippen LogP contribution >= 0.6 is 11.6 Å². The van der Waals surface area contributed by atoms with Crippen molar-refractivity contribution in [3.05, 3.63) is 64.2 Å². The van der Waals surface area contributed by atoms with Crippen molar-refractivity contribution >= 4 is 23.2 Å². The van der Waals surface area contributed by atoms with Crippen LogP contribution in [0.2, 0.25) is 5.02 Å². The molecule has 0 atom stereocenters. The predicted octanol–water partition coefficient (Wildman–Crippen LogP) is 3.20. The molecule has 2 aromatic carbocycles. The molecule has 3 N–H and O–H groups in total. The first-order valence-electron chi connectivity index (χ1n) is 6.45. The number of nitrogens with one attached hydrogen (secondary N) is 1. The van der Waals surface area contributed by atoms with E-state index in [1.54, 1.807) is 18.2 Å². The third-order valence-corrected chi connectivity index (χ3v) is 3.36. The molecule has 0 aromatic heterocycles. The van der Waals surface area contributed by atoms with Gasteiger partial charge in [0.15, 0.2) is 0 Å². The summed E-state index contributed by atoms with van der Waals surface area (Å²) in [5.41, 5.74) is 9.03. The second-order valence-electron chi connectivity index (χ2n) is 4.71. The molecule has 4 heteroatoms. The standard InChI is InChI=1S/C16H17ClN2O/c1-11-10-14(18)6-7-15(11)16(20)19-9-8-12-2-4-13(17)5-3-12/h2-7,10H,8-9,18H2,1H3,(H,19,20). The van der Waals surface area contributed by atoms with E-state index in [1.165, 1.54) is 0 Å². The number of carbonyl (C=O) groups excluding carboxylic acids is 1. The summed E-state index contributed by atoms with van der Waals surface area (Å²) in [6, 6.07) is 12.9. The van der Waals surface area contributed by atoms with Crippen LogP contribution in [-0.2, 0) is 6.42 Å². The van der Waals surface area contributed by atoms with E-state index in [2.05, 4.69) is 5.32 Å². The van der Waals surface area contributed by atoms with Crippen LogP contribution in [0.1, 0.15) is 21.5 Å². The number of nitrogen functional groups attached to an aromatic ring is 1. The molecule has 0 aliphatic heterocycles. The fraction of sp³-hybridized carbons (Fsp3) is 0.188. The van der Waals surface area contributed by atoms with Gasteiger partial charge in [0.25, 0.3) is 5.91 Å². The van der Waals surface area contributed by atoms with Gasteiger partial charge in [0, 0.05) is 22.8 Å².